The van der Waals surface area contributed by atoms with Crippen molar-refractivity contribution >= 4 is 13.3 Å². The summed E-state index contributed by atoms with van der Waals surface area (Å²) in [5.41, 5.74) is -3.00. The molecule has 2 rings (SSSR count). The second-order valence-corrected chi connectivity index (χ2v) is 4.34. The molecule has 0 N–H and O–H groups in total. The molecule has 7 heteroatoms. The first-order chi connectivity index (χ1) is 9.79. The summed E-state index contributed by atoms with van der Waals surface area (Å²) in [5.74, 6) is -7.23. The van der Waals surface area contributed by atoms with Crippen LogP contribution in [0, 0.1) is 36.0 Å². The number of rotatable bonds is 2. The summed E-state index contributed by atoms with van der Waals surface area (Å²) < 4.78 is 73.7. The molecular formula is C14H8BF5O. The fourth-order valence-corrected chi connectivity index (χ4v) is 1.95. The SMILES string of the molecule is [B]c1c(F)cc(OC)c(-c2c(F)cc(C)c(F)c2F)c1F. The van der Waals surface area contributed by atoms with Crippen molar-refractivity contribution in [3.05, 3.63) is 46.8 Å². The smallest absolute Gasteiger partial charge is 0.170 e. The van der Waals surface area contributed by atoms with Crippen LogP contribution in [0.1, 0.15) is 5.56 Å². The number of methoxy groups -OCH3 is 1. The molecule has 0 aliphatic carbocycles. The van der Waals surface area contributed by atoms with Crippen molar-refractivity contribution in [3.63, 3.8) is 0 Å². The lowest BCUT2D eigenvalue weighted by molar-refractivity contribution is 0.408. The maximum Gasteiger partial charge on any atom is 0.170 e. The van der Waals surface area contributed by atoms with E-state index in [2.05, 4.69) is 0 Å². The summed E-state index contributed by atoms with van der Waals surface area (Å²) in [5, 5.41) is 0. The van der Waals surface area contributed by atoms with E-state index >= 15 is 0 Å². The Morgan fingerprint density at radius 3 is 2.05 bits per heavy atom. The van der Waals surface area contributed by atoms with E-state index in [-0.39, 0.29) is 5.56 Å². The lowest BCUT2D eigenvalue weighted by Crippen LogP contribution is -2.17. The Labute approximate surface area is 118 Å². The van der Waals surface area contributed by atoms with E-state index in [1.165, 1.54) is 0 Å². The zero-order valence-electron chi connectivity index (χ0n) is 11.0. The van der Waals surface area contributed by atoms with Gasteiger partial charge in [-0.3, -0.25) is 0 Å². The molecule has 0 aliphatic rings. The van der Waals surface area contributed by atoms with Crippen LogP contribution < -0.4 is 10.2 Å². The summed E-state index contributed by atoms with van der Waals surface area (Å²) in [6.45, 7) is 1.15. The lowest BCUT2D eigenvalue weighted by Gasteiger charge is -2.15. The number of hydrogen-bond donors (Lipinski definition) is 0. The predicted molar refractivity (Wildman–Crippen MR) is 68.3 cm³/mol. The molecule has 0 fully saturated rings. The molecule has 0 spiro atoms. The van der Waals surface area contributed by atoms with Crippen LogP contribution in [0.2, 0.25) is 0 Å². The monoisotopic (exact) mass is 298 g/mol. The van der Waals surface area contributed by atoms with Crippen LogP contribution in [0.3, 0.4) is 0 Å². The maximum absolute atomic E-state index is 14.1. The number of hydrogen-bond acceptors (Lipinski definition) is 1. The Hall–Kier alpha value is -2.05. The zero-order valence-corrected chi connectivity index (χ0v) is 11.0. The Bertz CT molecular complexity index is 730. The normalized spacial score (nSPS) is 10.8. The molecule has 21 heavy (non-hydrogen) atoms. The van der Waals surface area contributed by atoms with Crippen LogP contribution in [0.15, 0.2) is 12.1 Å². The summed E-state index contributed by atoms with van der Waals surface area (Å²) in [4.78, 5) is 0. The minimum atomic E-state index is -1.60. The predicted octanol–water partition coefficient (Wildman–Crippen LogP) is 3.16. The molecular weight excluding hydrogens is 290 g/mol. The fourth-order valence-electron chi connectivity index (χ4n) is 1.95. The zero-order chi connectivity index (χ0) is 15.9. The van der Waals surface area contributed by atoms with Crippen LogP contribution in [0.5, 0.6) is 5.75 Å². The highest BCUT2D eigenvalue weighted by atomic mass is 19.2. The van der Waals surface area contributed by atoms with Gasteiger partial charge in [0.1, 0.15) is 31.0 Å². The molecule has 2 aromatic rings. The standard InChI is InChI=1S/C14H8BF5O/c1-5-3-6(16)9(14(20)12(5)18)10-8(21-2)4-7(17)11(15)13(10)19/h3-4H,1-2H3. The second-order valence-electron chi connectivity index (χ2n) is 4.34. The van der Waals surface area contributed by atoms with Gasteiger partial charge in [0, 0.05) is 6.07 Å². The van der Waals surface area contributed by atoms with E-state index in [1.807, 2.05) is 0 Å². The van der Waals surface area contributed by atoms with E-state index in [9.17, 15) is 22.0 Å². The highest BCUT2D eigenvalue weighted by molar-refractivity contribution is 6.33. The van der Waals surface area contributed by atoms with Gasteiger partial charge >= 0.3 is 0 Å². The number of aryl methyl sites for hydroxylation is 1. The molecule has 0 heterocycles. The van der Waals surface area contributed by atoms with Gasteiger partial charge in [-0.25, -0.2) is 22.0 Å². The van der Waals surface area contributed by atoms with Crippen molar-refractivity contribution in [2.24, 2.45) is 0 Å². The van der Waals surface area contributed by atoms with Crippen LogP contribution >= 0.6 is 0 Å². The van der Waals surface area contributed by atoms with Crippen LogP contribution in [-0.2, 0) is 0 Å². The van der Waals surface area contributed by atoms with E-state index < -0.39 is 51.4 Å². The van der Waals surface area contributed by atoms with Gasteiger partial charge < -0.3 is 4.74 Å². The Morgan fingerprint density at radius 2 is 1.48 bits per heavy atom. The summed E-state index contributed by atoms with van der Waals surface area (Å²) in [6, 6.07) is 1.37. The van der Waals surface area contributed by atoms with Crippen LogP contribution in [0.4, 0.5) is 22.0 Å². The van der Waals surface area contributed by atoms with E-state index in [4.69, 9.17) is 12.6 Å². The molecule has 0 aliphatic heterocycles. The van der Waals surface area contributed by atoms with Crippen molar-refractivity contribution in [3.8, 4) is 16.9 Å². The first-order valence-corrected chi connectivity index (χ1v) is 5.75. The van der Waals surface area contributed by atoms with Gasteiger partial charge in [-0.05, 0) is 24.0 Å². The third kappa shape index (κ3) is 2.37. The highest BCUT2D eigenvalue weighted by Crippen LogP contribution is 2.37. The number of ether oxygens (including phenoxy) is 1. The molecule has 108 valence electrons. The summed E-state index contributed by atoms with van der Waals surface area (Å²) >= 11 is 0. The van der Waals surface area contributed by atoms with Gasteiger partial charge in [0.2, 0.25) is 0 Å². The van der Waals surface area contributed by atoms with Crippen LogP contribution in [-0.4, -0.2) is 15.0 Å². The third-order valence-corrected chi connectivity index (χ3v) is 3.03. The van der Waals surface area contributed by atoms with Gasteiger partial charge in [-0.2, -0.15) is 0 Å². The van der Waals surface area contributed by atoms with Gasteiger partial charge in [0.25, 0.3) is 0 Å². The Kier molecular flexibility index (Phi) is 3.94. The first-order valence-electron chi connectivity index (χ1n) is 5.75. The molecule has 2 aromatic carbocycles. The second kappa shape index (κ2) is 5.39. The topological polar surface area (TPSA) is 9.23 Å². The average molecular weight is 298 g/mol. The van der Waals surface area contributed by atoms with Gasteiger partial charge in [0.15, 0.2) is 11.6 Å². The van der Waals surface area contributed by atoms with Crippen LogP contribution in [0.25, 0.3) is 11.1 Å². The van der Waals surface area contributed by atoms with Crippen molar-refractivity contribution in [1.29, 1.82) is 0 Å². The Morgan fingerprint density at radius 1 is 0.857 bits per heavy atom. The first kappa shape index (κ1) is 15.3. The van der Waals surface area contributed by atoms with Gasteiger partial charge in [-0.1, -0.05) is 0 Å². The highest BCUT2D eigenvalue weighted by Gasteiger charge is 2.26. The van der Waals surface area contributed by atoms with Crippen molar-refractivity contribution in [1.82, 2.24) is 0 Å². The van der Waals surface area contributed by atoms with Crippen molar-refractivity contribution in [2.45, 2.75) is 6.92 Å². The third-order valence-electron chi connectivity index (χ3n) is 3.03. The average Bonchev–Trinajstić information content (AvgIpc) is 2.44. The van der Waals surface area contributed by atoms with E-state index in [0.717, 1.165) is 14.0 Å². The molecule has 0 bridgehead atoms. The molecule has 0 aromatic heterocycles. The molecule has 0 saturated heterocycles. The van der Waals surface area contributed by atoms with Gasteiger partial charge in [0.05, 0.1) is 18.2 Å². The molecule has 0 atom stereocenters. The summed E-state index contributed by atoms with van der Waals surface area (Å²) in [6.07, 6.45) is 0. The van der Waals surface area contributed by atoms with Crippen molar-refractivity contribution < 1.29 is 26.7 Å². The Balaban J connectivity index is 2.92. The molecule has 0 saturated carbocycles. The number of benzene rings is 2. The molecule has 0 amide bonds. The van der Waals surface area contributed by atoms with E-state index in [1.54, 1.807) is 0 Å². The summed E-state index contributed by atoms with van der Waals surface area (Å²) in [7, 11) is 6.22. The largest absolute Gasteiger partial charge is 0.496 e. The van der Waals surface area contributed by atoms with Crippen molar-refractivity contribution in [2.75, 3.05) is 7.11 Å². The van der Waals surface area contributed by atoms with E-state index in [0.29, 0.717) is 12.1 Å². The molecule has 0 unspecified atom stereocenters. The number of halogens is 5. The maximum atomic E-state index is 14.1. The minimum Gasteiger partial charge on any atom is -0.496 e. The molecule has 2 radical (unpaired) electrons. The van der Waals surface area contributed by atoms with Gasteiger partial charge in [-0.15, -0.1) is 0 Å². The minimum absolute atomic E-state index is 0.289. The lowest BCUT2D eigenvalue weighted by atomic mass is 9.89. The quantitative estimate of drug-likeness (QED) is 0.470. The molecule has 1 nitrogen and oxygen atoms in total. The fraction of sp³-hybridized carbons (Fsp3) is 0.143.